The highest BCUT2D eigenvalue weighted by molar-refractivity contribution is 6.22. The molecule has 0 fully saturated rings. The van der Waals surface area contributed by atoms with Gasteiger partial charge in [-0.05, 0) is 31.0 Å². The largest absolute Gasteiger partial charge is 0.451 e. The fraction of sp³-hybridized carbons (Fsp3) is 0.273. The van der Waals surface area contributed by atoms with Crippen LogP contribution in [0.5, 0.6) is 0 Å². The van der Waals surface area contributed by atoms with Crippen molar-refractivity contribution in [3.05, 3.63) is 71.3 Å². The third-order valence-electron chi connectivity index (χ3n) is 4.79. The Morgan fingerprint density at radius 3 is 2.07 bits per heavy atom. The maximum atomic E-state index is 12.6. The van der Waals surface area contributed by atoms with Crippen LogP contribution in [0.25, 0.3) is 0 Å². The van der Waals surface area contributed by atoms with Crippen molar-refractivity contribution in [3.8, 4) is 0 Å². The molecule has 1 heterocycles. The van der Waals surface area contributed by atoms with Crippen LogP contribution in [0.1, 0.15) is 46.5 Å². The number of nitrogens with one attached hydrogen (secondary N) is 1. The topological polar surface area (TPSA) is 92.8 Å². The minimum atomic E-state index is -1.14. The first-order valence-electron chi connectivity index (χ1n) is 9.43. The third kappa shape index (κ3) is 4.18. The molecule has 0 radical (unpaired) electrons. The molecular formula is C22H22N2O5. The lowest BCUT2D eigenvalue weighted by Gasteiger charge is -2.23. The molecule has 2 aromatic rings. The Labute approximate surface area is 168 Å². The SMILES string of the molecule is CCC(OC(=O)C(C)N1C(=O)c2ccccc2C1=O)C(=O)NCc1ccccc1. The van der Waals surface area contributed by atoms with Crippen LogP contribution in [0.15, 0.2) is 54.6 Å². The molecule has 150 valence electrons. The molecule has 0 spiro atoms. The Hall–Kier alpha value is -3.48. The number of carbonyl (C=O) groups excluding carboxylic acids is 4. The van der Waals surface area contributed by atoms with E-state index in [1.54, 1.807) is 31.2 Å². The zero-order valence-corrected chi connectivity index (χ0v) is 16.3. The number of esters is 1. The summed E-state index contributed by atoms with van der Waals surface area (Å²) < 4.78 is 5.32. The predicted octanol–water partition coefficient (Wildman–Crippen LogP) is 2.31. The molecule has 7 nitrogen and oxygen atoms in total. The van der Waals surface area contributed by atoms with Gasteiger partial charge in [0.25, 0.3) is 17.7 Å². The molecule has 0 aliphatic carbocycles. The lowest BCUT2D eigenvalue weighted by Crippen LogP contribution is -2.46. The van der Waals surface area contributed by atoms with Gasteiger partial charge in [0.05, 0.1) is 11.1 Å². The molecule has 0 bridgehead atoms. The van der Waals surface area contributed by atoms with Crippen molar-refractivity contribution >= 4 is 23.7 Å². The lowest BCUT2D eigenvalue weighted by molar-refractivity contribution is -0.159. The second-order valence-corrected chi connectivity index (χ2v) is 6.74. The summed E-state index contributed by atoms with van der Waals surface area (Å²) in [7, 11) is 0. The van der Waals surface area contributed by atoms with Crippen LogP contribution in [0.3, 0.4) is 0 Å². The van der Waals surface area contributed by atoms with Gasteiger partial charge in [-0.2, -0.15) is 0 Å². The van der Waals surface area contributed by atoms with Gasteiger partial charge in [-0.25, -0.2) is 4.79 Å². The standard InChI is InChI=1S/C22H22N2O5/c1-3-18(19(25)23-13-15-9-5-4-6-10-15)29-22(28)14(2)24-20(26)16-11-7-8-12-17(16)21(24)27/h4-12,14,18H,3,13H2,1-2H3,(H,23,25). The van der Waals surface area contributed by atoms with Crippen LogP contribution in [-0.4, -0.2) is 40.7 Å². The summed E-state index contributed by atoms with van der Waals surface area (Å²) in [5, 5.41) is 2.73. The molecule has 0 aromatic heterocycles. The van der Waals surface area contributed by atoms with E-state index in [-0.39, 0.29) is 17.5 Å². The van der Waals surface area contributed by atoms with Crippen LogP contribution in [0.2, 0.25) is 0 Å². The Morgan fingerprint density at radius 2 is 1.52 bits per heavy atom. The molecule has 3 rings (SSSR count). The minimum absolute atomic E-state index is 0.254. The second kappa shape index (κ2) is 8.68. The van der Waals surface area contributed by atoms with E-state index in [1.807, 2.05) is 30.3 Å². The van der Waals surface area contributed by atoms with Gasteiger partial charge in [-0.3, -0.25) is 19.3 Å². The van der Waals surface area contributed by atoms with Crippen LogP contribution >= 0.6 is 0 Å². The number of carbonyl (C=O) groups is 4. The number of benzene rings is 2. The highest BCUT2D eigenvalue weighted by atomic mass is 16.5. The highest BCUT2D eigenvalue weighted by Gasteiger charge is 2.41. The lowest BCUT2D eigenvalue weighted by atomic mass is 10.1. The highest BCUT2D eigenvalue weighted by Crippen LogP contribution is 2.25. The number of hydrogen-bond donors (Lipinski definition) is 1. The van der Waals surface area contributed by atoms with E-state index < -0.39 is 35.8 Å². The monoisotopic (exact) mass is 394 g/mol. The summed E-state index contributed by atoms with van der Waals surface area (Å²) in [5.74, 6) is -2.33. The number of amides is 3. The summed E-state index contributed by atoms with van der Waals surface area (Å²) in [6, 6.07) is 14.6. The average Bonchev–Trinajstić information content (AvgIpc) is 3.00. The molecular weight excluding hydrogens is 372 g/mol. The molecule has 2 aromatic carbocycles. The van der Waals surface area contributed by atoms with Crippen molar-refractivity contribution in [1.82, 2.24) is 10.2 Å². The van der Waals surface area contributed by atoms with Crippen LogP contribution in [0.4, 0.5) is 0 Å². The number of rotatable bonds is 7. The van der Waals surface area contributed by atoms with E-state index in [0.717, 1.165) is 10.5 Å². The smallest absolute Gasteiger partial charge is 0.329 e. The Bertz CT molecular complexity index is 906. The first kappa shape index (κ1) is 20.3. The zero-order chi connectivity index (χ0) is 21.0. The van der Waals surface area contributed by atoms with Crippen molar-refractivity contribution in [1.29, 1.82) is 0 Å². The normalized spacial score (nSPS) is 14.9. The minimum Gasteiger partial charge on any atom is -0.451 e. The van der Waals surface area contributed by atoms with Gasteiger partial charge < -0.3 is 10.1 Å². The van der Waals surface area contributed by atoms with Crippen LogP contribution in [0, 0.1) is 0 Å². The molecule has 1 aliphatic heterocycles. The fourth-order valence-electron chi connectivity index (χ4n) is 3.12. The Kier molecular flexibility index (Phi) is 6.07. The van der Waals surface area contributed by atoms with E-state index in [9.17, 15) is 19.2 Å². The van der Waals surface area contributed by atoms with Crippen LogP contribution in [-0.2, 0) is 20.9 Å². The third-order valence-corrected chi connectivity index (χ3v) is 4.79. The summed E-state index contributed by atoms with van der Waals surface area (Å²) in [6.07, 6.45) is -0.745. The van der Waals surface area contributed by atoms with Crippen LogP contribution < -0.4 is 5.32 Å². The van der Waals surface area contributed by atoms with E-state index in [2.05, 4.69) is 5.32 Å². The molecule has 29 heavy (non-hydrogen) atoms. The van der Waals surface area contributed by atoms with Gasteiger partial charge >= 0.3 is 5.97 Å². The zero-order valence-electron chi connectivity index (χ0n) is 16.3. The number of fused-ring (bicyclic) bond motifs is 1. The maximum absolute atomic E-state index is 12.6. The van der Waals surface area contributed by atoms with Crippen molar-refractivity contribution in [2.45, 2.75) is 39.0 Å². The number of ether oxygens (including phenoxy) is 1. The Balaban J connectivity index is 1.63. The van der Waals surface area contributed by atoms with Crippen molar-refractivity contribution in [2.75, 3.05) is 0 Å². The van der Waals surface area contributed by atoms with E-state index in [1.165, 1.54) is 6.92 Å². The molecule has 2 atom stereocenters. The predicted molar refractivity (Wildman–Crippen MR) is 105 cm³/mol. The summed E-state index contributed by atoms with van der Waals surface area (Å²) >= 11 is 0. The van der Waals surface area contributed by atoms with Gasteiger partial charge in [-0.15, -0.1) is 0 Å². The second-order valence-electron chi connectivity index (χ2n) is 6.74. The summed E-state index contributed by atoms with van der Waals surface area (Å²) in [5.41, 5.74) is 1.43. The van der Waals surface area contributed by atoms with Gasteiger partial charge in [-0.1, -0.05) is 49.4 Å². The molecule has 1 aliphatic rings. The first-order chi connectivity index (χ1) is 13.9. The van der Waals surface area contributed by atoms with Gasteiger partial charge in [0.1, 0.15) is 6.04 Å². The van der Waals surface area contributed by atoms with Gasteiger partial charge in [0, 0.05) is 6.54 Å². The van der Waals surface area contributed by atoms with Crippen molar-refractivity contribution < 1.29 is 23.9 Å². The fourth-order valence-corrected chi connectivity index (χ4v) is 3.12. The van der Waals surface area contributed by atoms with E-state index >= 15 is 0 Å². The van der Waals surface area contributed by atoms with Crippen molar-refractivity contribution in [2.24, 2.45) is 0 Å². The summed E-state index contributed by atoms with van der Waals surface area (Å²) in [4.78, 5) is 50.9. The van der Waals surface area contributed by atoms with Gasteiger partial charge in [0.15, 0.2) is 6.10 Å². The molecule has 3 amide bonds. The Morgan fingerprint density at radius 1 is 0.966 bits per heavy atom. The van der Waals surface area contributed by atoms with Gasteiger partial charge in [0.2, 0.25) is 0 Å². The molecule has 7 heteroatoms. The van der Waals surface area contributed by atoms with Crippen molar-refractivity contribution in [3.63, 3.8) is 0 Å². The quantitative estimate of drug-likeness (QED) is 0.575. The number of nitrogens with zero attached hydrogens (tertiary/aromatic N) is 1. The summed E-state index contributed by atoms with van der Waals surface area (Å²) in [6.45, 7) is 3.44. The molecule has 0 saturated carbocycles. The van der Waals surface area contributed by atoms with E-state index in [0.29, 0.717) is 6.54 Å². The molecule has 0 saturated heterocycles. The number of imide groups is 1. The van der Waals surface area contributed by atoms with E-state index in [4.69, 9.17) is 4.74 Å². The molecule has 2 unspecified atom stereocenters. The number of hydrogen-bond acceptors (Lipinski definition) is 5. The molecule has 1 N–H and O–H groups in total. The first-order valence-corrected chi connectivity index (χ1v) is 9.43. The maximum Gasteiger partial charge on any atom is 0.329 e. The average molecular weight is 394 g/mol.